The Hall–Kier alpha value is -3.36. The lowest BCUT2D eigenvalue weighted by molar-refractivity contribution is 0.101. The highest BCUT2D eigenvalue weighted by molar-refractivity contribution is 6.31. The van der Waals surface area contributed by atoms with Crippen LogP contribution < -0.4 is 10.1 Å². The second kappa shape index (κ2) is 9.42. The third kappa shape index (κ3) is 5.09. The summed E-state index contributed by atoms with van der Waals surface area (Å²) in [6.07, 6.45) is 3.13. The number of aromatic nitrogens is 3. The van der Waals surface area contributed by atoms with E-state index in [1.807, 2.05) is 0 Å². The van der Waals surface area contributed by atoms with E-state index in [2.05, 4.69) is 15.6 Å². The molecule has 4 aromatic rings. The van der Waals surface area contributed by atoms with E-state index in [4.69, 9.17) is 32.5 Å². The first-order chi connectivity index (χ1) is 15.4. The molecule has 0 aliphatic rings. The highest BCUT2D eigenvalue weighted by Crippen LogP contribution is 2.22. The lowest BCUT2D eigenvalue weighted by Gasteiger charge is -2.07. The summed E-state index contributed by atoms with van der Waals surface area (Å²) in [7, 11) is 0. The molecule has 0 bridgehead atoms. The Balaban J connectivity index is 1.42. The Morgan fingerprint density at radius 3 is 2.75 bits per heavy atom. The van der Waals surface area contributed by atoms with Crippen molar-refractivity contribution in [3.05, 3.63) is 93.3 Å². The molecule has 0 spiro atoms. The number of carbonyl (C=O) groups excluding carboxylic acids is 1. The molecule has 1 N–H and O–H groups in total. The van der Waals surface area contributed by atoms with Crippen molar-refractivity contribution in [2.45, 2.75) is 20.1 Å². The number of benzene rings is 2. The van der Waals surface area contributed by atoms with Crippen LogP contribution in [0.3, 0.4) is 0 Å². The predicted octanol–water partition coefficient (Wildman–Crippen LogP) is 5.51. The molecule has 0 unspecified atom stereocenters. The Morgan fingerprint density at radius 2 is 2.00 bits per heavy atom. The van der Waals surface area contributed by atoms with Crippen LogP contribution in [-0.4, -0.2) is 20.8 Å². The molecule has 0 saturated heterocycles. The molecule has 1 amide bonds. The van der Waals surface area contributed by atoms with Crippen molar-refractivity contribution in [2.24, 2.45) is 0 Å². The zero-order chi connectivity index (χ0) is 22.7. The van der Waals surface area contributed by atoms with E-state index in [0.29, 0.717) is 44.9 Å². The summed E-state index contributed by atoms with van der Waals surface area (Å²) < 4.78 is 25.7. The van der Waals surface area contributed by atoms with Gasteiger partial charge in [-0.05, 0) is 48.9 Å². The summed E-state index contributed by atoms with van der Waals surface area (Å²) >= 11 is 11.9. The van der Waals surface area contributed by atoms with Gasteiger partial charge in [0.1, 0.15) is 23.9 Å². The smallest absolute Gasteiger partial charge is 0.278 e. The summed E-state index contributed by atoms with van der Waals surface area (Å²) in [6.45, 7) is 2.12. The number of ether oxygens (including phenoxy) is 1. The molecule has 2 aromatic carbocycles. The molecule has 0 atom stereocenters. The van der Waals surface area contributed by atoms with Crippen LogP contribution in [-0.2, 0) is 13.2 Å². The topological polar surface area (TPSA) is 82.2 Å². The van der Waals surface area contributed by atoms with Gasteiger partial charge in [-0.3, -0.25) is 9.48 Å². The van der Waals surface area contributed by atoms with Crippen LogP contribution in [0.25, 0.3) is 0 Å². The number of rotatable bonds is 7. The van der Waals surface area contributed by atoms with Crippen LogP contribution in [0.15, 0.2) is 59.4 Å². The number of nitrogens with one attached hydrogen (secondary N) is 1. The maximum Gasteiger partial charge on any atom is 0.278 e. The highest BCUT2D eigenvalue weighted by atomic mass is 35.5. The number of hydrogen-bond donors (Lipinski definition) is 1. The predicted molar refractivity (Wildman–Crippen MR) is 118 cm³/mol. The lowest BCUT2D eigenvalue weighted by atomic mass is 10.2. The molecule has 32 heavy (non-hydrogen) atoms. The number of amides is 1. The zero-order valence-corrected chi connectivity index (χ0v) is 18.3. The van der Waals surface area contributed by atoms with E-state index in [9.17, 15) is 9.18 Å². The third-order valence-corrected chi connectivity index (χ3v) is 5.24. The standard InChI is InChI=1S/C22H17Cl2FN4O3/c1-13-19(12-31-18-6-3-15(23)4-7-18)21(28-32-13)22(30)27-17-9-26-29(11-17)10-14-2-5-16(25)8-20(14)24/h2-9,11H,10,12H2,1H3,(H,27,30). The van der Waals surface area contributed by atoms with E-state index < -0.39 is 11.7 Å². The van der Waals surface area contributed by atoms with Crippen LogP contribution in [0.4, 0.5) is 10.1 Å². The maximum atomic E-state index is 13.2. The Bertz CT molecular complexity index is 1250. The van der Waals surface area contributed by atoms with E-state index in [1.165, 1.54) is 18.3 Å². The fourth-order valence-electron chi connectivity index (χ4n) is 2.96. The third-order valence-electron chi connectivity index (χ3n) is 4.64. The Labute approximate surface area is 192 Å². The van der Waals surface area contributed by atoms with Gasteiger partial charge in [-0.1, -0.05) is 34.4 Å². The number of nitrogens with zero attached hydrogens (tertiary/aromatic N) is 3. The summed E-state index contributed by atoms with van der Waals surface area (Å²) in [5, 5.41) is 11.7. The monoisotopic (exact) mass is 474 g/mol. The first kappa shape index (κ1) is 21.9. The van der Waals surface area contributed by atoms with Crippen LogP contribution >= 0.6 is 23.2 Å². The number of halogens is 3. The van der Waals surface area contributed by atoms with Crippen LogP contribution in [0.1, 0.15) is 27.4 Å². The zero-order valence-electron chi connectivity index (χ0n) is 16.8. The van der Waals surface area contributed by atoms with Crippen molar-refractivity contribution in [1.82, 2.24) is 14.9 Å². The van der Waals surface area contributed by atoms with Gasteiger partial charge >= 0.3 is 0 Å². The van der Waals surface area contributed by atoms with Gasteiger partial charge in [-0.15, -0.1) is 0 Å². The molecule has 0 aliphatic carbocycles. The molecule has 0 aliphatic heterocycles. The normalized spacial score (nSPS) is 10.9. The van der Waals surface area contributed by atoms with E-state index in [-0.39, 0.29) is 12.3 Å². The SMILES string of the molecule is Cc1onc(C(=O)Nc2cnn(Cc3ccc(F)cc3Cl)c2)c1COc1ccc(Cl)cc1. The van der Waals surface area contributed by atoms with Gasteiger partial charge in [0.25, 0.3) is 5.91 Å². The molecule has 164 valence electrons. The van der Waals surface area contributed by atoms with Crippen molar-refractivity contribution in [1.29, 1.82) is 0 Å². The molecule has 7 nitrogen and oxygen atoms in total. The number of hydrogen-bond acceptors (Lipinski definition) is 5. The largest absolute Gasteiger partial charge is 0.489 e. The fourth-order valence-corrected chi connectivity index (χ4v) is 3.31. The molecule has 0 saturated carbocycles. The van der Waals surface area contributed by atoms with Crippen molar-refractivity contribution in [2.75, 3.05) is 5.32 Å². The average molecular weight is 475 g/mol. The molecule has 0 fully saturated rings. The van der Waals surface area contributed by atoms with Crippen LogP contribution in [0, 0.1) is 12.7 Å². The van der Waals surface area contributed by atoms with Crippen molar-refractivity contribution in [3.63, 3.8) is 0 Å². The minimum Gasteiger partial charge on any atom is -0.489 e. The van der Waals surface area contributed by atoms with E-state index in [0.717, 1.165) is 0 Å². The summed E-state index contributed by atoms with van der Waals surface area (Å²) in [5.41, 5.74) is 1.80. The van der Waals surface area contributed by atoms with Crippen LogP contribution in [0.2, 0.25) is 10.0 Å². The molecule has 2 heterocycles. The fraction of sp³-hybridized carbons (Fsp3) is 0.136. The highest BCUT2D eigenvalue weighted by Gasteiger charge is 2.21. The minimum atomic E-state index is -0.462. The van der Waals surface area contributed by atoms with Crippen LogP contribution in [0.5, 0.6) is 5.75 Å². The molecule has 2 aromatic heterocycles. The molecule has 0 radical (unpaired) electrons. The Morgan fingerprint density at radius 1 is 1.22 bits per heavy atom. The second-order valence-corrected chi connectivity index (χ2v) is 7.77. The average Bonchev–Trinajstić information content (AvgIpc) is 3.36. The van der Waals surface area contributed by atoms with Gasteiger partial charge in [0.05, 0.1) is 24.0 Å². The molecular formula is C22H17Cl2FN4O3. The molecule has 4 rings (SSSR count). The van der Waals surface area contributed by atoms with Gasteiger partial charge in [-0.25, -0.2) is 4.39 Å². The number of carbonyl (C=O) groups is 1. The second-order valence-electron chi connectivity index (χ2n) is 6.92. The van der Waals surface area contributed by atoms with E-state index in [1.54, 1.807) is 48.1 Å². The maximum absolute atomic E-state index is 13.2. The molecule has 10 heteroatoms. The van der Waals surface area contributed by atoms with Gasteiger partial charge in [0, 0.05) is 16.2 Å². The number of aryl methyl sites for hydroxylation is 1. The van der Waals surface area contributed by atoms with Gasteiger partial charge in [-0.2, -0.15) is 5.10 Å². The van der Waals surface area contributed by atoms with Crippen molar-refractivity contribution in [3.8, 4) is 5.75 Å². The van der Waals surface area contributed by atoms with Crippen molar-refractivity contribution < 1.29 is 18.4 Å². The lowest BCUT2D eigenvalue weighted by Crippen LogP contribution is -2.15. The first-order valence-electron chi connectivity index (χ1n) is 9.50. The van der Waals surface area contributed by atoms with Gasteiger partial charge in [0.15, 0.2) is 5.69 Å². The van der Waals surface area contributed by atoms with Gasteiger partial charge in [0.2, 0.25) is 0 Å². The number of anilines is 1. The van der Waals surface area contributed by atoms with E-state index >= 15 is 0 Å². The molecular weight excluding hydrogens is 458 g/mol. The first-order valence-corrected chi connectivity index (χ1v) is 10.3. The van der Waals surface area contributed by atoms with Gasteiger partial charge < -0.3 is 14.6 Å². The Kier molecular flexibility index (Phi) is 6.43. The summed E-state index contributed by atoms with van der Waals surface area (Å²) in [6, 6.07) is 11.0. The summed E-state index contributed by atoms with van der Waals surface area (Å²) in [4.78, 5) is 12.8. The summed E-state index contributed by atoms with van der Waals surface area (Å²) in [5.74, 6) is 0.203. The van der Waals surface area contributed by atoms with Crippen molar-refractivity contribution >= 4 is 34.8 Å². The quantitative estimate of drug-likeness (QED) is 0.382. The minimum absolute atomic E-state index is 0.0993.